The summed E-state index contributed by atoms with van der Waals surface area (Å²) in [6, 6.07) is 9.07. The number of rotatable bonds is 4. The lowest BCUT2D eigenvalue weighted by atomic mass is 10.0. The Balaban J connectivity index is 0.00000216. The lowest BCUT2D eigenvalue weighted by molar-refractivity contribution is 0.187. The van der Waals surface area contributed by atoms with Gasteiger partial charge in [0.15, 0.2) is 17.0 Å². The van der Waals surface area contributed by atoms with Crippen molar-refractivity contribution in [2.24, 2.45) is 0 Å². The van der Waals surface area contributed by atoms with Gasteiger partial charge >= 0.3 is 0 Å². The zero-order chi connectivity index (χ0) is 20.9. The molecule has 32 heavy (non-hydrogen) atoms. The van der Waals surface area contributed by atoms with Gasteiger partial charge in [0.1, 0.15) is 11.6 Å². The van der Waals surface area contributed by atoms with Gasteiger partial charge in [-0.1, -0.05) is 24.3 Å². The van der Waals surface area contributed by atoms with Gasteiger partial charge in [0.25, 0.3) is 0 Å². The fourth-order valence-electron chi connectivity index (χ4n) is 5.02. The van der Waals surface area contributed by atoms with Crippen molar-refractivity contribution in [2.45, 2.75) is 38.1 Å². The summed E-state index contributed by atoms with van der Waals surface area (Å²) in [5.41, 5.74) is 4.56. The number of aryl methyl sites for hydroxylation is 1. The SMILES string of the molecule is Cc1nc(N2CCN(C)CC2)c2nc(-c3ccccc3C3CC3)n(C3CCOC3)c2n1.Cl. The van der Waals surface area contributed by atoms with E-state index in [-0.39, 0.29) is 18.4 Å². The first-order chi connectivity index (χ1) is 15.2. The number of anilines is 1. The third-order valence-electron chi connectivity index (χ3n) is 6.93. The summed E-state index contributed by atoms with van der Waals surface area (Å²) in [7, 11) is 2.18. The Morgan fingerprint density at radius 2 is 1.75 bits per heavy atom. The van der Waals surface area contributed by atoms with Crippen molar-refractivity contribution in [3.63, 3.8) is 0 Å². The van der Waals surface area contributed by atoms with Gasteiger partial charge in [-0.15, -0.1) is 12.4 Å². The number of halogens is 1. The van der Waals surface area contributed by atoms with Gasteiger partial charge in [0.05, 0.1) is 12.6 Å². The molecule has 2 aliphatic heterocycles. The maximum atomic E-state index is 5.79. The van der Waals surface area contributed by atoms with Crippen LogP contribution in [0.5, 0.6) is 0 Å². The number of aromatic nitrogens is 4. The number of hydrogen-bond acceptors (Lipinski definition) is 6. The van der Waals surface area contributed by atoms with E-state index in [1.807, 2.05) is 6.92 Å². The van der Waals surface area contributed by atoms with E-state index in [0.717, 1.165) is 74.4 Å². The number of imidazole rings is 1. The van der Waals surface area contributed by atoms with Crippen LogP contribution in [0.25, 0.3) is 22.6 Å². The summed E-state index contributed by atoms with van der Waals surface area (Å²) in [5.74, 6) is 3.49. The predicted molar refractivity (Wildman–Crippen MR) is 129 cm³/mol. The average Bonchev–Trinajstić information content (AvgIpc) is 3.35. The molecule has 0 spiro atoms. The predicted octanol–water partition coefficient (Wildman–Crippen LogP) is 3.81. The molecule has 3 aliphatic rings. The number of fused-ring (bicyclic) bond motifs is 1. The van der Waals surface area contributed by atoms with E-state index in [4.69, 9.17) is 19.7 Å². The number of piperazine rings is 1. The zero-order valence-corrected chi connectivity index (χ0v) is 19.6. The van der Waals surface area contributed by atoms with Crippen molar-refractivity contribution in [2.75, 3.05) is 51.3 Å². The van der Waals surface area contributed by atoms with Crippen LogP contribution in [0.1, 0.15) is 42.6 Å². The summed E-state index contributed by atoms with van der Waals surface area (Å²) >= 11 is 0. The third-order valence-corrected chi connectivity index (χ3v) is 6.93. The van der Waals surface area contributed by atoms with Gasteiger partial charge in [-0.25, -0.2) is 15.0 Å². The van der Waals surface area contributed by atoms with Gasteiger partial charge in [-0.05, 0) is 44.7 Å². The Bertz CT molecular complexity index is 1110. The van der Waals surface area contributed by atoms with Crippen molar-refractivity contribution in [3.8, 4) is 11.4 Å². The van der Waals surface area contributed by atoms with E-state index in [1.54, 1.807) is 0 Å². The minimum atomic E-state index is 0. The molecule has 3 aromatic rings. The molecule has 170 valence electrons. The number of benzene rings is 1. The van der Waals surface area contributed by atoms with E-state index in [2.05, 4.69) is 45.7 Å². The highest BCUT2D eigenvalue weighted by molar-refractivity contribution is 5.88. The van der Waals surface area contributed by atoms with E-state index < -0.39 is 0 Å². The van der Waals surface area contributed by atoms with E-state index in [1.165, 1.54) is 24.0 Å². The van der Waals surface area contributed by atoms with Gasteiger partial charge in [0, 0.05) is 38.3 Å². The van der Waals surface area contributed by atoms with Crippen LogP contribution in [0.4, 0.5) is 5.82 Å². The number of nitrogens with zero attached hydrogens (tertiary/aromatic N) is 6. The molecule has 1 aromatic carbocycles. The Morgan fingerprint density at radius 1 is 0.969 bits per heavy atom. The average molecular weight is 455 g/mol. The fourth-order valence-corrected chi connectivity index (χ4v) is 5.02. The second-order valence-electron chi connectivity index (χ2n) is 9.24. The molecule has 8 heteroatoms. The van der Waals surface area contributed by atoms with Crippen LogP contribution in [-0.4, -0.2) is 70.9 Å². The molecule has 2 aromatic heterocycles. The maximum absolute atomic E-state index is 5.79. The standard InChI is InChI=1S/C24H30N6O.ClH/c1-16-25-23(29-12-10-28(2)11-13-29)21-24(26-16)30(18-9-14-31-15-18)22(27-21)20-6-4-3-5-19(20)17-7-8-17;/h3-6,17-18H,7-15H2,1-2H3;1H. The molecule has 1 unspecified atom stereocenters. The van der Waals surface area contributed by atoms with Crippen LogP contribution in [0, 0.1) is 6.92 Å². The Morgan fingerprint density at radius 3 is 2.47 bits per heavy atom. The summed E-state index contributed by atoms with van der Waals surface area (Å²) in [6.07, 6.45) is 3.54. The van der Waals surface area contributed by atoms with Crippen LogP contribution in [0.15, 0.2) is 24.3 Å². The smallest absolute Gasteiger partial charge is 0.166 e. The molecular weight excluding hydrogens is 424 g/mol. The van der Waals surface area contributed by atoms with Crippen LogP contribution in [0.2, 0.25) is 0 Å². The molecule has 3 fully saturated rings. The Labute approximate surface area is 195 Å². The van der Waals surface area contributed by atoms with Crippen LogP contribution in [-0.2, 0) is 4.74 Å². The molecule has 7 nitrogen and oxygen atoms in total. The summed E-state index contributed by atoms with van der Waals surface area (Å²) < 4.78 is 8.15. The monoisotopic (exact) mass is 454 g/mol. The molecule has 2 saturated heterocycles. The van der Waals surface area contributed by atoms with Crippen LogP contribution < -0.4 is 4.90 Å². The third kappa shape index (κ3) is 3.76. The Hall–Kier alpha value is -2.22. The normalized spacial score (nSPS) is 21.8. The van der Waals surface area contributed by atoms with Crippen molar-refractivity contribution < 1.29 is 4.74 Å². The minimum absolute atomic E-state index is 0. The molecule has 0 bridgehead atoms. The molecule has 6 rings (SSSR count). The minimum Gasteiger partial charge on any atom is -0.379 e. The largest absolute Gasteiger partial charge is 0.379 e. The maximum Gasteiger partial charge on any atom is 0.166 e. The fraction of sp³-hybridized carbons (Fsp3) is 0.542. The number of likely N-dealkylation sites (N-methyl/N-ethyl adjacent to an activating group) is 1. The van der Waals surface area contributed by atoms with Gasteiger partial charge in [-0.2, -0.15) is 0 Å². The molecule has 1 aliphatic carbocycles. The van der Waals surface area contributed by atoms with E-state index in [9.17, 15) is 0 Å². The second-order valence-corrected chi connectivity index (χ2v) is 9.24. The quantitative estimate of drug-likeness (QED) is 0.597. The first kappa shape index (κ1) is 21.6. The van der Waals surface area contributed by atoms with Crippen molar-refractivity contribution in [1.82, 2.24) is 24.4 Å². The van der Waals surface area contributed by atoms with Crippen molar-refractivity contribution >= 4 is 29.4 Å². The molecule has 4 heterocycles. The number of hydrogen-bond donors (Lipinski definition) is 0. The lowest BCUT2D eigenvalue weighted by Gasteiger charge is -2.33. The first-order valence-corrected chi connectivity index (χ1v) is 11.6. The molecule has 0 amide bonds. The summed E-state index contributed by atoms with van der Waals surface area (Å²) in [4.78, 5) is 19.8. The summed E-state index contributed by atoms with van der Waals surface area (Å²) in [6.45, 7) is 7.53. The highest BCUT2D eigenvalue weighted by atomic mass is 35.5. The zero-order valence-electron chi connectivity index (χ0n) is 18.8. The molecule has 0 N–H and O–H groups in total. The lowest BCUT2D eigenvalue weighted by Crippen LogP contribution is -2.45. The Kier molecular flexibility index (Phi) is 5.82. The summed E-state index contributed by atoms with van der Waals surface area (Å²) in [5, 5.41) is 0. The van der Waals surface area contributed by atoms with E-state index >= 15 is 0 Å². The van der Waals surface area contributed by atoms with Crippen LogP contribution >= 0.6 is 12.4 Å². The second kappa shape index (κ2) is 8.61. The molecular formula is C24H31ClN6O. The van der Waals surface area contributed by atoms with Gasteiger partial charge in [-0.3, -0.25) is 0 Å². The first-order valence-electron chi connectivity index (χ1n) is 11.6. The molecule has 1 saturated carbocycles. The number of ether oxygens (including phenoxy) is 1. The topological polar surface area (TPSA) is 59.3 Å². The van der Waals surface area contributed by atoms with Gasteiger partial charge in [0.2, 0.25) is 0 Å². The van der Waals surface area contributed by atoms with Crippen molar-refractivity contribution in [1.29, 1.82) is 0 Å². The van der Waals surface area contributed by atoms with Gasteiger partial charge < -0.3 is 19.1 Å². The van der Waals surface area contributed by atoms with Crippen LogP contribution in [0.3, 0.4) is 0 Å². The van der Waals surface area contributed by atoms with Crippen molar-refractivity contribution in [3.05, 3.63) is 35.7 Å². The highest BCUT2D eigenvalue weighted by Crippen LogP contribution is 2.45. The molecule has 1 atom stereocenters. The van der Waals surface area contributed by atoms with E-state index in [0.29, 0.717) is 5.92 Å². The molecule has 0 radical (unpaired) electrons. The highest BCUT2D eigenvalue weighted by Gasteiger charge is 2.32.